The van der Waals surface area contributed by atoms with Crippen molar-refractivity contribution in [2.75, 3.05) is 13.7 Å². The molecule has 0 saturated carbocycles. The van der Waals surface area contributed by atoms with Gasteiger partial charge >= 0.3 is 0 Å². The van der Waals surface area contributed by atoms with Crippen molar-refractivity contribution in [1.29, 1.82) is 0 Å². The molecule has 0 aromatic rings. The van der Waals surface area contributed by atoms with Crippen molar-refractivity contribution in [2.45, 2.75) is 69.7 Å². The van der Waals surface area contributed by atoms with Crippen LogP contribution in [0.4, 0.5) is 0 Å². The van der Waals surface area contributed by atoms with Crippen molar-refractivity contribution in [1.82, 2.24) is 4.90 Å². The highest BCUT2D eigenvalue weighted by Gasteiger charge is 2.50. The van der Waals surface area contributed by atoms with E-state index in [4.69, 9.17) is 4.74 Å². The van der Waals surface area contributed by atoms with Crippen molar-refractivity contribution in [3.63, 3.8) is 0 Å². The lowest BCUT2D eigenvalue weighted by atomic mass is 9.84. The third-order valence-corrected chi connectivity index (χ3v) is 4.04. The summed E-state index contributed by atoms with van der Waals surface area (Å²) in [6, 6.07) is 1.08. The Morgan fingerprint density at radius 2 is 1.75 bits per heavy atom. The second kappa shape index (κ2) is 3.97. The van der Waals surface area contributed by atoms with E-state index in [2.05, 4.69) is 25.7 Å². The smallest absolute Gasteiger partial charge is 0.0909 e. The van der Waals surface area contributed by atoms with Crippen molar-refractivity contribution in [2.24, 2.45) is 0 Å². The summed E-state index contributed by atoms with van der Waals surface area (Å²) < 4.78 is 5.16. The molecule has 3 heteroatoms. The highest BCUT2D eigenvalue weighted by molar-refractivity contribution is 5.05. The fourth-order valence-electron chi connectivity index (χ4n) is 3.80. The number of aliphatic hydroxyl groups is 1. The summed E-state index contributed by atoms with van der Waals surface area (Å²) in [5.41, 5.74) is -0.359. The summed E-state index contributed by atoms with van der Waals surface area (Å²) in [4.78, 5) is 2.61. The van der Waals surface area contributed by atoms with E-state index in [1.807, 2.05) is 0 Å². The van der Waals surface area contributed by atoms with Gasteiger partial charge in [-0.25, -0.2) is 0 Å². The quantitative estimate of drug-likeness (QED) is 0.780. The summed E-state index contributed by atoms with van der Waals surface area (Å²) in [6.07, 6.45) is 4.20. The summed E-state index contributed by atoms with van der Waals surface area (Å²) >= 11 is 0. The van der Waals surface area contributed by atoms with Crippen LogP contribution in [0.5, 0.6) is 0 Å². The largest absolute Gasteiger partial charge is 0.387 e. The molecule has 3 nitrogen and oxygen atoms in total. The molecule has 2 heterocycles. The molecule has 2 rings (SSSR count). The van der Waals surface area contributed by atoms with Gasteiger partial charge < -0.3 is 9.84 Å². The maximum Gasteiger partial charge on any atom is 0.0909 e. The molecular weight excluding hydrogens is 202 g/mol. The predicted octanol–water partition coefficient (Wildman–Crippen LogP) is 1.79. The first-order chi connectivity index (χ1) is 7.36. The van der Waals surface area contributed by atoms with Crippen LogP contribution in [0.15, 0.2) is 0 Å². The normalized spacial score (nSPS) is 40.3. The molecule has 2 saturated heterocycles. The molecule has 2 aliphatic rings. The highest BCUT2D eigenvalue weighted by atomic mass is 16.5. The second-order valence-corrected chi connectivity index (χ2v) is 6.53. The Morgan fingerprint density at radius 1 is 1.25 bits per heavy atom. The van der Waals surface area contributed by atoms with Crippen molar-refractivity contribution < 1.29 is 9.84 Å². The first-order valence-electron chi connectivity index (χ1n) is 6.35. The number of ether oxygens (including phenoxy) is 1. The Balaban J connectivity index is 2.12. The summed E-state index contributed by atoms with van der Waals surface area (Å²) in [7, 11) is 1.68. The van der Waals surface area contributed by atoms with E-state index < -0.39 is 5.60 Å². The monoisotopic (exact) mass is 227 g/mol. The number of piperidine rings is 1. The van der Waals surface area contributed by atoms with E-state index in [1.165, 1.54) is 12.8 Å². The molecule has 0 aromatic heterocycles. The maximum atomic E-state index is 10.5. The number of fused-ring (bicyclic) bond motifs is 2. The molecule has 0 aromatic carbocycles. The van der Waals surface area contributed by atoms with Gasteiger partial charge in [0.25, 0.3) is 0 Å². The van der Waals surface area contributed by atoms with E-state index in [9.17, 15) is 5.11 Å². The molecule has 3 atom stereocenters. The van der Waals surface area contributed by atoms with Crippen molar-refractivity contribution >= 4 is 0 Å². The minimum atomic E-state index is -0.581. The number of hydrogen-bond acceptors (Lipinski definition) is 3. The predicted molar refractivity (Wildman–Crippen MR) is 64.5 cm³/mol. The molecule has 2 bridgehead atoms. The molecule has 2 aliphatic heterocycles. The fourth-order valence-corrected chi connectivity index (χ4v) is 3.80. The van der Waals surface area contributed by atoms with Crippen LogP contribution in [-0.2, 0) is 4.74 Å². The van der Waals surface area contributed by atoms with Gasteiger partial charge in [-0.2, -0.15) is 0 Å². The third kappa shape index (κ3) is 2.13. The van der Waals surface area contributed by atoms with Crippen LogP contribution in [0, 0.1) is 0 Å². The Hall–Kier alpha value is -0.120. The molecule has 0 amide bonds. The van der Waals surface area contributed by atoms with Gasteiger partial charge in [-0.15, -0.1) is 0 Å². The van der Waals surface area contributed by atoms with E-state index in [0.29, 0.717) is 18.7 Å². The Labute approximate surface area is 98.8 Å². The Morgan fingerprint density at radius 3 is 2.12 bits per heavy atom. The third-order valence-electron chi connectivity index (χ3n) is 4.04. The number of hydrogen-bond donors (Lipinski definition) is 1. The van der Waals surface area contributed by atoms with Gasteiger partial charge in [0.1, 0.15) is 0 Å². The van der Waals surface area contributed by atoms with Crippen molar-refractivity contribution in [3.05, 3.63) is 0 Å². The van der Waals surface area contributed by atoms with E-state index >= 15 is 0 Å². The van der Waals surface area contributed by atoms with Crippen LogP contribution >= 0.6 is 0 Å². The van der Waals surface area contributed by atoms with Gasteiger partial charge in [0.2, 0.25) is 0 Å². The van der Waals surface area contributed by atoms with Gasteiger partial charge in [-0.05, 0) is 46.5 Å². The van der Waals surface area contributed by atoms with Gasteiger partial charge in [0.05, 0.1) is 12.2 Å². The first kappa shape index (κ1) is 12.3. The van der Waals surface area contributed by atoms with Crippen LogP contribution in [0.25, 0.3) is 0 Å². The Bertz CT molecular complexity index is 245. The molecular formula is C13H25NO2. The highest BCUT2D eigenvalue weighted by Crippen LogP contribution is 2.44. The van der Waals surface area contributed by atoms with E-state index in [0.717, 1.165) is 12.8 Å². The lowest BCUT2D eigenvalue weighted by Gasteiger charge is -2.49. The number of methoxy groups -OCH3 is 1. The standard InChI is InChI=1S/C13H25NO2/c1-12(2,3)14-10-5-6-11(14)8-13(15,7-10)9-16-4/h10-11,15H,5-9H2,1-4H3/t10-,11?,13+/m1/s1. The minimum Gasteiger partial charge on any atom is -0.387 e. The van der Waals surface area contributed by atoms with Gasteiger partial charge in [0.15, 0.2) is 0 Å². The van der Waals surface area contributed by atoms with Crippen LogP contribution in [-0.4, -0.2) is 46.9 Å². The first-order valence-corrected chi connectivity index (χ1v) is 6.35. The molecule has 94 valence electrons. The molecule has 2 fully saturated rings. The van der Waals surface area contributed by atoms with Gasteiger partial charge in [-0.1, -0.05) is 0 Å². The molecule has 1 unspecified atom stereocenters. The molecule has 0 radical (unpaired) electrons. The minimum absolute atomic E-state index is 0.222. The van der Waals surface area contributed by atoms with Crippen LogP contribution in [0.3, 0.4) is 0 Å². The fraction of sp³-hybridized carbons (Fsp3) is 1.00. The summed E-state index contributed by atoms with van der Waals surface area (Å²) in [5.74, 6) is 0. The molecule has 0 aliphatic carbocycles. The van der Waals surface area contributed by atoms with E-state index in [1.54, 1.807) is 7.11 Å². The molecule has 0 spiro atoms. The summed E-state index contributed by atoms with van der Waals surface area (Å²) in [5, 5.41) is 10.5. The average molecular weight is 227 g/mol. The lowest BCUT2D eigenvalue weighted by molar-refractivity contribution is -0.109. The maximum absolute atomic E-state index is 10.5. The van der Waals surface area contributed by atoms with Crippen molar-refractivity contribution in [3.8, 4) is 0 Å². The van der Waals surface area contributed by atoms with Crippen LogP contribution in [0.2, 0.25) is 0 Å². The van der Waals surface area contributed by atoms with Crippen LogP contribution < -0.4 is 0 Å². The summed E-state index contributed by atoms with van der Waals surface area (Å²) in [6.45, 7) is 7.31. The zero-order valence-electron chi connectivity index (χ0n) is 11.0. The number of nitrogens with zero attached hydrogens (tertiary/aromatic N) is 1. The van der Waals surface area contributed by atoms with Gasteiger partial charge in [0, 0.05) is 24.7 Å². The topological polar surface area (TPSA) is 32.7 Å². The zero-order valence-corrected chi connectivity index (χ0v) is 11.0. The van der Waals surface area contributed by atoms with Gasteiger partial charge in [-0.3, -0.25) is 4.90 Å². The average Bonchev–Trinajstić information content (AvgIpc) is 2.39. The Kier molecular flexibility index (Phi) is 3.06. The lowest BCUT2D eigenvalue weighted by Crippen LogP contribution is -2.58. The van der Waals surface area contributed by atoms with Crippen LogP contribution in [0.1, 0.15) is 46.5 Å². The second-order valence-electron chi connectivity index (χ2n) is 6.53. The zero-order chi connectivity index (χ0) is 12.0. The van der Waals surface area contributed by atoms with E-state index in [-0.39, 0.29) is 5.54 Å². The number of rotatable bonds is 2. The molecule has 16 heavy (non-hydrogen) atoms. The molecule has 1 N–H and O–H groups in total. The SMILES string of the molecule is COC[C@@]1(O)CC2CC[C@H](C1)N2C(C)(C)C.